The second-order valence-corrected chi connectivity index (χ2v) is 4.43. The minimum atomic E-state index is -0.177. The van der Waals surface area contributed by atoms with Gasteiger partial charge in [-0.3, -0.25) is 0 Å². The Bertz CT molecular complexity index is 442. The Morgan fingerprint density at radius 1 is 1.31 bits per heavy atom. The molecule has 0 fully saturated rings. The maximum atomic E-state index is 5.79. The fraction of sp³-hybridized carbons (Fsp3) is 0. The summed E-state index contributed by atoms with van der Waals surface area (Å²) in [7, 11) is 0. The monoisotopic (exact) mass is 285 g/mol. The van der Waals surface area contributed by atoms with E-state index in [0.29, 0.717) is 11.4 Å². The lowest BCUT2D eigenvalue weighted by molar-refractivity contribution is 1.52. The van der Waals surface area contributed by atoms with E-state index in [2.05, 4.69) is 12.9 Å². The van der Waals surface area contributed by atoms with E-state index in [1.807, 2.05) is 12.1 Å². The fourth-order valence-corrected chi connectivity index (χ4v) is 2.20. The summed E-state index contributed by atoms with van der Waals surface area (Å²) in [5.41, 5.74) is 14.4. The molecule has 1 aromatic rings. The first-order valence-electron chi connectivity index (χ1n) is 3.71. The summed E-state index contributed by atoms with van der Waals surface area (Å²) in [5.74, 6) is 0. The Kier molecular flexibility index (Phi) is 2.16. The number of nitrogen functional groups attached to an aromatic ring is 2. The number of halogens is 1. The highest BCUT2D eigenvalue weighted by atomic mass is 127. The van der Waals surface area contributed by atoms with E-state index < -0.39 is 0 Å². The van der Waals surface area contributed by atoms with Crippen LogP contribution < -0.4 is 11.5 Å². The predicted molar refractivity (Wildman–Crippen MR) is 65.4 cm³/mol. The fourth-order valence-electron chi connectivity index (χ4n) is 1.09. The lowest BCUT2D eigenvalue weighted by Gasteiger charge is -2.05. The van der Waals surface area contributed by atoms with E-state index in [0.717, 1.165) is 11.3 Å². The molecule has 1 aromatic carbocycles. The van der Waals surface area contributed by atoms with Gasteiger partial charge in [0, 0.05) is 9.37 Å². The summed E-state index contributed by atoms with van der Waals surface area (Å²) < 4.78 is 5.09. The molecule has 1 heterocycles. The highest BCUT2D eigenvalue weighted by Crippen LogP contribution is 2.33. The molecule has 0 bridgehead atoms. The van der Waals surface area contributed by atoms with Crippen LogP contribution in [-0.2, 0) is 0 Å². The van der Waals surface area contributed by atoms with Gasteiger partial charge in [-0.1, -0.05) is 6.07 Å². The van der Waals surface area contributed by atoms with Crippen molar-refractivity contribution in [3.63, 3.8) is 0 Å². The average Bonchev–Trinajstić information content (AvgIpc) is 2.36. The van der Waals surface area contributed by atoms with Gasteiger partial charge >= 0.3 is 0 Å². The molecule has 0 aromatic heterocycles. The Balaban J connectivity index is 2.75. The number of hydrogen-bond acceptors (Lipinski definition) is 3. The van der Waals surface area contributed by atoms with Crippen LogP contribution in [0.25, 0.3) is 6.08 Å². The summed E-state index contributed by atoms with van der Waals surface area (Å²) >= 11 is -0.177. The van der Waals surface area contributed by atoms with Crippen LogP contribution in [0, 0.1) is 0 Å². The van der Waals surface area contributed by atoms with Gasteiger partial charge in [-0.15, -0.1) is 0 Å². The molecule has 0 aliphatic carbocycles. The number of aliphatic imine (C=N–C) groups is 1. The summed E-state index contributed by atoms with van der Waals surface area (Å²) in [6, 6.07) is 3.73. The lowest BCUT2D eigenvalue weighted by atomic mass is 10.1. The largest absolute Gasteiger partial charge is 0.397 e. The molecule has 0 atom stereocenters. The SMILES string of the molecule is Nc1ccc2c(c1N)N=C=IC=C2. The third-order valence-electron chi connectivity index (χ3n) is 1.79. The van der Waals surface area contributed by atoms with Crippen LogP contribution in [-0.4, -0.2) is 3.81 Å². The molecule has 0 amide bonds. The second kappa shape index (κ2) is 3.32. The van der Waals surface area contributed by atoms with E-state index in [-0.39, 0.29) is 20.7 Å². The van der Waals surface area contributed by atoms with E-state index >= 15 is 0 Å². The highest BCUT2D eigenvalue weighted by Gasteiger charge is 2.06. The van der Waals surface area contributed by atoms with Gasteiger partial charge in [-0.25, -0.2) is 0 Å². The van der Waals surface area contributed by atoms with Crippen molar-refractivity contribution in [1.29, 1.82) is 0 Å². The number of benzene rings is 1. The lowest BCUT2D eigenvalue weighted by Crippen LogP contribution is -1.95. The number of fused-ring (bicyclic) bond motifs is 1. The molecule has 4 heteroatoms. The van der Waals surface area contributed by atoms with Crippen molar-refractivity contribution in [2.24, 2.45) is 4.99 Å². The quantitative estimate of drug-likeness (QED) is 0.567. The van der Waals surface area contributed by atoms with Crippen molar-refractivity contribution in [3.05, 3.63) is 21.8 Å². The highest BCUT2D eigenvalue weighted by molar-refractivity contribution is 14.2. The molecule has 0 unspecified atom stereocenters. The first-order valence-corrected chi connectivity index (χ1v) is 6.04. The van der Waals surface area contributed by atoms with Crippen LogP contribution in [0.1, 0.15) is 5.56 Å². The molecule has 2 rings (SSSR count). The van der Waals surface area contributed by atoms with Crippen LogP contribution in [0.3, 0.4) is 0 Å². The molecule has 0 radical (unpaired) electrons. The molecule has 0 saturated heterocycles. The van der Waals surface area contributed by atoms with E-state index in [1.165, 1.54) is 0 Å². The van der Waals surface area contributed by atoms with Crippen LogP contribution in [0.2, 0.25) is 0 Å². The molecule has 0 spiro atoms. The third-order valence-corrected chi connectivity index (χ3v) is 3.03. The van der Waals surface area contributed by atoms with Crippen LogP contribution in [0.4, 0.5) is 17.1 Å². The van der Waals surface area contributed by atoms with Crippen LogP contribution in [0.5, 0.6) is 0 Å². The minimum Gasteiger partial charge on any atom is -0.397 e. The molecule has 1 aliphatic heterocycles. The topological polar surface area (TPSA) is 64.4 Å². The zero-order chi connectivity index (χ0) is 9.26. The number of hydrogen-bond donors (Lipinski definition) is 2. The minimum absolute atomic E-state index is 0.177. The van der Waals surface area contributed by atoms with Gasteiger partial charge in [0.2, 0.25) is 0 Å². The molecule has 13 heavy (non-hydrogen) atoms. The van der Waals surface area contributed by atoms with Crippen molar-refractivity contribution in [1.82, 2.24) is 0 Å². The van der Waals surface area contributed by atoms with E-state index in [4.69, 9.17) is 11.5 Å². The molecule has 66 valence electrons. The number of anilines is 2. The first-order chi connectivity index (χ1) is 6.29. The molecular weight excluding hydrogens is 277 g/mol. The molecule has 0 saturated carbocycles. The Hall–Kier alpha value is -1.13. The number of rotatable bonds is 0. The summed E-state index contributed by atoms with van der Waals surface area (Å²) in [6.07, 6.45) is 2.03. The normalized spacial score (nSPS) is 13.2. The molecular formula is C9H8IN3. The summed E-state index contributed by atoms with van der Waals surface area (Å²) in [6.45, 7) is 0. The standard InChI is InChI=1S/C9H8IN3/c11-7-2-1-6-3-4-10-5-13-9(6)8(7)12/h1-4H,11-12H2. The van der Waals surface area contributed by atoms with Crippen molar-refractivity contribution in [2.45, 2.75) is 0 Å². The van der Waals surface area contributed by atoms with Gasteiger partial charge in [-0.2, -0.15) is 4.99 Å². The van der Waals surface area contributed by atoms with Crippen LogP contribution in [0.15, 0.2) is 21.2 Å². The van der Waals surface area contributed by atoms with Crippen molar-refractivity contribution in [2.75, 3.05) is 11.5 Å². The predicted octanol–water partition coefficient (Wildman–Crippen LogP) is 2.34. The molecule has 4 N–H and O–H groups in total. The third kappa shape index (κ3) is 1.50. The van der Waals surface area contributed by atoms with Crippen molar-refractivity contribution in [3.8, 4) is 0 Å². The van der Waals surface area contributed by atoms with Crippen LogP contribution >= 0.6 is 20.7 Å². The Morgan fingerprint density at radius 3 is 3.00 bits per heavy atom. The van der Waals surface area contributed by atoms with Gasteiger partial charge in [0.05, 0.1) is 11.4 Å². The van der Waals surface area contributed by atoms with Gasteiger partial charge in [0.1, 0.15) is 5.69 Å². The zero-order valence-corrected chi connectivity index (χ0v) is 8.95. The smallest absolute Gasteiger partial charge is 0.106 e. The number of nitrogens with two attached hydrogens (primary N) is 2. The molecule has 3 nitrogen and oxygen atoms in total. The van der Waals surface area contributed by atoms with Crippen molar-refractivity contribution >= 4 is 47.7 Å². The average molecular weight is 285 g/mol. The molecule has 1 aliphatic rings. The number of nitrogens with zero attached hydrogens (tertiary/aromatic N) is 1. The first kappa shape index (κ1) is 8.47. The Morgan fingerprint density at radius 2 is 2.15 bits per heavy atom. The second-order valence-electron chi connectivity index (χ2n) is 2.60. The maximum Gasteiger partial charge on any atom is 0.106 e. The van der Waals surface area contributed by atoms with Gasteiger partial charge in [-0.05, 0) is 37.0 Å². The summed E-state index contributed by atoms with van der Waals surface area (Å²) in [4.78, 5) is 4.18. The maximum absolute atomic E-state index is 5.79. The summed E-state index contributed by atoms with van der Waals surface area (Å²) in [5, 5.41) is 0. The Labute approximate surface area is 85.9 Å². The van der Waals surface area contributed by atoms with E-state index in [1.54, 1.807) is 6.07 Å². The van der Waals surface area contributed by atoms with Crippen molar-refractivity contribution < 1.29 is 0 Å². The van der Waals surface area contributed by atoms with Gasteiger partial charge < -0.3 is 11.5 Å². The zero-order valence-electron chi connectivity index (χ0n) is 6.79. The van der Waals surface area contributed by atoms with Gasteiger partial charge in [0.25, 0.3) is 0 Å². The van der Waals surface area contributed by atoms with E-state index in [9.17, 15) is 0 Å². The van der Waals surface area contributed by atoms with Gasteiger partial charge in [0.15, 0.2) is 0 Å².